The van der Waals surface area contributed by atoms with Crippen molar-refractivity contribution in [1.82, 2.24) is 0 Å². The summed E-state index contributed by atoms with van der Waals surface area (Å²) in [5.74, 6) is 1.02. The minimum absolute atomic E-state index is 0.0550. The van der Waals surface area contributed by atoms with Gasteiger partial charge in [-0.3, -0.25) is 9.98 Å². The number of carbonyl (C=O) groups is 2. The Hall–Kier alpha value is -5.32. The summed E-state index contributed by atoms with van der Waals surface area (Å²) in [5.41, 5.74) is 4.47. The SMILES string of the molecule is O=C(OCC1CO1)c1ccc(N=Cc2ccc(OCCCCCCCCCCOc3ccc(C=Nc4ccc(C(=O)OCC5CO5)cc4)cc3)cc2)cc1. The maximum Gasteiger partial charge on any atom is 0.338 e. The molecule has 0 N–H and O–H groups in total. The molecule has 4 aromatic rings. The van der Waals surface area contributed by atoms with E-state index < -0.39 is 0 Å². The first kappa shape index (κ1) is 38.4. The van der Waals surface area contributed by atoms with Crippen molar-refractivity contribution in [1.29, 1.82) is 0 Å². The molecule has 282 valence electrons. The maximum atomic E-state index is 12.1. The molecule has 4 aromatic carbocycles. The number of hydrogen-bond acceptors (Lipinski definition) is 10. The standard InChI is InChI=1S/C44H48N2O8/c47-43(53-31-41-29-51-41)35-13-17-37(18-14-35)45-27-33-9-21-39(22-10-33)49-25-7-5-3-1-2-4-6-8-26-50-40-23-11-34(12-24-40)28-46-38-19-15-36(16-20-38)44(48)54-32-42-30-52-42/h9-24,27-28,41-42H,1-8,25-26,29-32H2. The third-order valence-corrected chi connectivity index (χ3v) is 8.87. The summed E-state index contributed by atoms with van der Waals surface area (Å²) in [4.78, 5) is 33.1. The van der Waals surface area contributed by atoms with Gasteiger partial charge in [0.25, 0.3) is 0 Å². The molecule has 0 saturated carbocycles. The van der Waals surface area contributed by atoms with Crippen molar-refractivity contribution in [2.75, 3.05) is 39.6 Å². The van der Waals surface area contributed by atoms with Crippen LogP contribution in [0.3, 0.4) is 0 Å². The fraction of sp³-hybridized carbons (Fsp3) is 0.364. The lowest BCUT2D eigenvalue weighted by atomic mass is 10.1. The molecule has 0 amide bonds. The first-order valence-corrected chi connectivity index (χ1v) is 18.9. The van der Waals surface area contributed by atoms with E-state index in [1.54, 1.807) is 61.0 Å². The Kier molecular flexibility index (Phi) is 14.8. The molecule has 10 heteroatoms. The Bertz CT molecular complexity index is 1660. The lowest BCUT2D eigenvalue weighted by molar-refractivity contribution is 0.0468. The van der Waals surface area contributed by atoms with Crippen LogP contribution in [0.25, 0.3) is 0 Å². The molecule has 2 aliphatic heterocycles. The van der Waals surface area contributed by atoms with E-state index in [1.807, 2.05) is 48.5 Å². The molecule has 2 fully saturated rings. The van der Waals surface area contributed by atoms with Crippen molar-refractivity contribution in [3.05, 3.63) is 119 Å². The molecule has 0 radical (unpaired) electrons. The average molecular weight is 733 g/mol. The van der Waals surface area contributed by atoms with Gasteiger partial charge in [-0.25, -0.2) is 9.59 Å². The molecule has 0 bridgehead atoms. The smallest absolute Gasteiger partial charge is 0.338 e. The number of unbranched alkanes of at least 4 members (excludes halogenated alkanes) is 7. The summed E-state index contributed by atoms with van der Waals surface area (Å²) in [6.07, 6.45) is 13.1. The Balaban J connectivity index is 0.747. The molecule has 10 nitrogen and oxygen atoms in total. The highest BCUT2D eigenvalue weighted by atomic mass is 16.6. The second-order valence-electron chi connectivity index (χ2n) is 13.4. The number of hydrogen-bond donors (Lipinski definition) is 0. The summed E-state index contributed by atoms with van der Waals surface area (Å²) in [6.45, 7) is 3.35. The van der Waals surface area contributed by atoms with E-state index in [0.29, 0.717) is 50.8 Å². The molecular formula is C44H48N2O8. The van der Waals surface area contributed by atoms with Crippen molar-refractivity contribution in [3.63, 3.8) is 0 Å². The number of nitrogens with zero attached hydrogens (tertiary/aromatic N) is 2. The topological polar surface area (TPSA) is 121 Å². The Morgan fingerprint density at radius 1 is 0.519 bits per heavy atom. The molecule has 2 atom stereocenters. The number of benzene rings is 4. The van der Waals surface area contributed by atoms with E-state index in [1.165, 1.54) is 38.5 Å². The van der Waals surface area contributed by atoms with Crippen molar-refractivity contribution in [2.45, 2.75) is 63.6 Å². The third-order valence-electron chi connectivity index (χ3n) is 8.87. The highest BCUT2D eigenvalue weighted by molar-refractivity contribution is 5.91. The van der Waals surface area contributed by atoms with Crippen LogP contribution in [-0.4, -0.2) is 76.2 Å². The summed E-state index contributed by atoms with van der Waals surface area (Å²) < 4.78 is 32.4. The zero-order valence-corrected chi connectivity index (χ0v) is 30.6. The molecular weight excluding hydrogens is 684 g/mol. The number of carbonyl (C=O) groups excluding carboxylic acids is 2. The number of epoxide rings is 2. The number of rotatable bonds is 23. The fourth-order valence-electron chi connectivity index (χ4n) is 5.44. The minimum Gasteiger partial charge on any atom is -0.494 e. The van der Waals surface area contributed by atoms with Gasteiger partial charge in [-0.2, -0.15) is 0 Å². The van der Waals surface area contributed by atoms with Crippen LogP contribution in [0.15, 0.2) is 107 Å². The Morgan fingerprint density at radius 2 is 0.870 bits per heavy atom. The normalized spacial score (nSPS) is 16.0. The lowest BCUT2D eigenvalue weighted by Gasteiger charge is -2.07. The molecule has 0 spiro atoms. The van der Waals surface area contributed by atoms with Gasteiger partial charge in [0.2, 0.25) is 0 Å². The molecule has 2 aliphatic rings. The van der Waals surface area contributed by atoms with Crippen LogP contribution in [0.2, 0.25) is 0 Å². The van der Waals surface area contributed by atoms with E-state index >= 15 is 0 Å². The molecule has 0 aromatic heterocycles. The van der Waals surface area contributed by atoms with Gasteiger partial charge in [0.1, 0.15) is 36.9 Å². The summed E-state index contributed by atoms with van der Waals surface area (Å²) >= 11 is 0. The van der Waals surface area contributed by atoms with Gasteiger partial charge in [-0.05, 0) is 121 Å². The van der Waals surface area contributed by atoms with E-state index in [4.69, 9.17) is 28.4 Å². The highest BCUT2D eigenvalue weighted by Crippen LogP contribution is 2.19. The van der Waals surface area contributed by atoms with E-state index in [2.05, 4.69) is 9.98 Å². The molecule has 6 rings (SSSR count). The fourth-order valence-corrected chi connectivity index (χ4v) is 5.44. The van der Waals surface area contributed by atoms with Crippen LogP contribution in [0.5, 0.6) is 11.5 Å². The summed E-state index contributed by atoms with van der Waals surface area (Å²) in [6, 6.07) is 29.9. The highest BCUT2D eigenvalue weighted by Gasteiger charge is 2.25. The molecule has 0 aliphatic carbocycles. The zero-order chi connectivity index (χ0) is 37.2. The van der Waals surface area contributed by atoms with Crippen molar-refractivity contribution in [3.8, 4) is 11.5 Å². The molecule has 54 heavy (non-hydrogen) atoms. The second-order valence-corrected chi connectivity index (χ2v) is 13.4. The molecule has 2 heterocycles. The largest absolute Gasteiger partial charge is 0.494 e. The molecule has 2 unspecified atom stereocenters. The van der Waals surface area contributed by atoms with Gasteiger partial charge >= 0.3 is 11.9 Å². The minimum atomic E-state index is -0.349. The number of ether oxygens (including phenoxy) is 6. The molecule has 2 saturated heterocycles. The summed E-state index contributed by atoms with van der Waals surface area (Å²) in [5, 5.41) is 0. The van der Waals surface area contributed by atoms with Crippen LogP contribution in [-0.2, 0) is 18.9 Å². The van der Waals surface area contributed by atoms with Gasteiger partial charge in [-0.15, -0.1) is 0 Å². The van der Waals surface area contributed by atoms with Crippen LogP contribution in [0.1, 0.15) is 83.2 Å². The zero-order valence-electron chi connectivity index (χ0n) is 30.6. The first-order valence-electron chi connectivity index (χ1n) is 18.9. The van der Waals surface area contributed by atoms with Crippen LogP contribution >= 0.6 is 0 Å². The van der Waals surface area contributed by atoms with Crippen molar-refractivity contribution >= 4 is 35.7 Å². The second kappa shape index (κ2) is 20.8. The van der Waals surface area contributed by atoms with Crippen molar-refractivity contribution in [2.24, 2.45) is 9.98 Å². The quantitative estimate of drug-likeness (QED) is 0.0321. The van der Waals surface area contributed by atoms with Gasteiger partial charge in [0, 0.05) is 12.4 Å². The van der Waals surface area contributed by atoms with Crippen molar-refractivity contribution < 1.29 is 38.0 Å². The monoisotopic (exact) mass is 732 g/mol. The van der Waals surface area contributed by atoms with Crippen LogP contribution in [0.4, 0.5) is 11.4 Å². The first-order chi connectivity index (χ1) is 26.6. The summed E-state index contributed by atoms with van der Waals surface area (Å²) in [7, 11) is 0. The van der Waals surface area contributed by atoms with Gasteiger partial charge < -0.3 is 28.4 Å². The predicted molar refractivity (Wildman–Crippen MR) is 208 cm³/mol. The Labute approximate surface area is 317 Å². The average Bonchev–Trinajstić information content (AvgIpc) is 4.16. The third kappa shape index (κ3) is 13.9. The number of aliphatic imine (C=N–C) groups is 2. The van der Waals surface area contributed by atoms with E-state index in [0.717, 1.165) is 46.8 Å². The Morgan fingerprint density at radius 3 is 1.22 bits per heavy atom. The van der Waals surface area contributed by atoms with Crippen LogP contribution < -0.4 is 9.47 Å². The maximum absolute atomic E-state index is 12.1. The van der Waals surface area contributed by atoms with E-state index in [-0.39, 0.29) is 24.1 Å². The van der Waals surface area contributed by atoms with Gasteiger partial charge in [0.05, 0.1) is 48.9 Å². The van der Waals surface area contributed by atoms with E-state index in [9.17, 15) is 9.59 Å². The van der Waals surface area contributed by atoms with Crippen LogP contribution in [0, 0.1) is 0 Å². The van der Waals surface area contributed by atoms with Gasteiger partial charge in [-0.1, -0.05) is 38.5 Å². The lowest BCUT2D eigenvalue weighted by Crippen LogP contribution is -2.09. The predicted octanol–water partition coefficient (Wildman–Crippen LogP) is 8.88. The van der Waals surface area contributed by atoms with Gasteiger partial charge in [0.15, 0.2) is 0 Å². The number of esters is 2.